The predicted molar refractivity (Wildman–Crippen MR) is 78.7 cm³/mol. The van der Waals surface area contributed by atoms with Crippen LogP contribution in [0.25, 0.3) is 0 Å². The molecule has 19 heavy (non-hydrogen) atoms. The number of aryl methyl sites for hydroxylation is 1. The molecule has 0 spiro atoms. The smallest absolute Gasteiger partial charge is 0.330 e. The molecule has 0 saturated carbocycles. The van der Waals surface area contributed by atoms with Gasteiger partial charge >= 0.3 is 5.97 Å². The van der Waals surface area contributed by atoms with Crippen molar-refractivity contribution in [2.45, 2.75) is 18.9 Å². The monoisotopic (exact) mass is 343 g/mol. The van der Waals surface area contributed by atoms with Crippen molar-refractivity contribution in [3.8, 4) is 0 Å². The molecule has 1 heterocycles. The third-order valence-corrected chi connectivity index (χ3v) is 4.90. The van der Waals surface area contributed by atoms with Crippen LogP contribution in [0.15, 0.2) is 22.7 Å². The molecule has 4 nitrogen and oxygen atoms in total. The molecule has 0 unspecified atom stereocenters. The van der Waals surface area contributed by atoms with E-state index in [4.69, 9.17) is 0 Å². The maximum atomic E-state index is 12.2. The zero-order valence-electron chi connectivity index (χ0n) is 10.4. The fourth-order valence-electron chi connectivity index (χ4n) is 2.05. The van der Waals surface area contributed by atoms with Gasteiger partial charge in [0.05, 0.1) is 0 Å². The van der Waals surface area contributed by atoms with Crippen LogP contribution >= 0.6 is 27.7 Å². The van der Waals surface area contributed by atoms with E-state index in [0.717, 1.165) is 15.8 Å². The molecule has 1 aromatic rings. The number of hydrogen-bond acceptors (Lipinski definition) is 3. The predicted octanol–water partition coefficient (Wildman–Crippen LogP) is 2.45. The van der Waals surface area contributed by atoms with E-state index in [1.807, 2.05) is 13.0 Å². The van der Waals surface area contributed by atoms with Crippen LogP contribution in [-0.4, -0.2) is 34.0 Å². The highest BCUT2D eigenvalue weighted by Crippen LogP contribution is 2.29. The first-order valence-corrected chi connectivity index (χ1v) is 7.79. The molecule has 1 fully saturated rings. The molecule has 1 saturated heterocycles. The second-order valence-electron chi connectivity index (χ2n) is 4.60. The number of nitrogens with one attached hydrogen (secondary N) is 1. The summed E-state index contributed by atoms with van der Waals surface area (Å²) in [5.41, 5.74) is 0.208. The molecule has 0 aromatic heterocycles. The van der Waals surface area contributed by atoms with Crippen molar-refractivity contribution < 1.29 is 14.7 Å². The summed E-state index contributed by atoms with van der Waals surface area (Å²) in [4.78, 5) is 23.6. The van der Waals surface area contributed by atoms with E-state index < -0.39 is 11.5 Å². The largest absolute Gasteiger partial charge is 0.479 e. The highest BCUT2D eigenvalue weighted by molar-refractivity contribution is 9.10. The number of halogens is 1. The van der Waals surface area contributed by atoms with Crippen molar-refractivity contribution in [3.63, 3.8) is 0 Å². The van der Waals surface area contributed by atoms with E-state index in [0.29, 0.717) is 17.7 Å². The SMILES string of the molecule is Cc1cc(Br)ccc1C(=O)N[C@@]1(C(=O)O)CCSC1. The highest BCUT2D eigenvalue weighted by atomic mass is 79.9. The minimum Gasteiger partial charge on any atom is -0.479 e. The van der Waals surface area contributed by atoms with Gasteiger partial charge in [0, 0.05) is 15.8 Å². The lowest BCUT2D eigenvalue weighted by Gasteiger charge is -2.25. The first-order chi connectivity index (χ1) is 8.94. The first kappa shape index (κ1) is 14.4. The average Bonchev–Trinajstić information content (AvgIpc) is 2.78. The maximum Gasteiger partial charge on any atom is 0.330 e. The van der Waals surface area contributed by atoms with Crippen LogP contribution in [0.4, 0.5) is 0 Å². The summed E-state index contributed by atoms with van der Waals surface area (Å²) in [6, 6.07) is 5.32. The van der Waals surface area contributed by atoms with Crippen LogP contribution in [0.2, 0.25) is 0 Å². The number of hydrogen-bond donors (Lipinski definition) is 2. The fourth-order valence-corrected chi connectivity index (χ4v) is 3.85. The minimum atomic E-state index is -1.12. The molecule has 1 aliphatic heterocycles. The quantitative estimate of drug-likeness (QED) is 0.884. The Hall–Kier alpha value is -1.01. The van der Waals surface area contributed by atoms with Crippen LogP contribution in [0.3, 0.4) is 0 Å². The van der Waals surface area contributed by atoms with Gasteiger partial charge in [0.2, 0.25) is 0 Å². The second-order valence-corrected chi connectivity index (χ2v) is 6.62. The lowest BCUT2D eigenvalue weighted by molar-refractivity contribution is -0.143. The Labute approximate surface area is 124 Å². The van der Waals surface area contributed by atoms with Crippen LogP contribution in [-0.2, 0) is 4.79 Å². The fraction of sp³-hybridized carbons (Fsp3) is 0.385. The lowest BCUT2D eigenvalue weighted by atomic mass is 9.98. The van der Waals surface area contributed by atoms with Crippen molar-refractivity contribution in [3.05, 3.63) is 33.8 Å². The standard InChI is InChI=1S/C13H14BrNO3S/c1-8-6-9(14)2-3-10(8)11(16)15-13(12(17)18)4-5-19-7-13/h2-3,6H,4-5,7H2,1H3,(H,15,16)(H,17,18)/t13-/m0/s1. The summed E-state index contributed by atoms with van der Waals surface area (Å²) in [6.07, 6.45) is 0.467. The number of amides is 1. The summed E-state index contributed by atoms with van der Waals surface area (Å²) in [5, 5.41) is 12.0. The van der Waals surface area contributed by atoms with Gasteiger partial charge in [-0.05, 0) is 42.9 Å². The third-order valence-electron chi connectivity index (χ3n) is 3.22. The summed E-state index contributed by atoms with van der Waals surface area (Å²) in [6.45, 7) is 1.83. The number of thioether (sulfide) groups is 1. The van der Waals surface area contributed by atoms with E-state index in [1.54, 1.807) is 23.9 Å². The van der Waals surface area contributed by atoms with Crippen LogP contribution in [0.1, 0.15) is 22.3 Å². The Balaban J connectivity index is 2.22. The Morgan fingerprint density at radius 2 is 2.21 bits per heavy atom. The molecule has 0 bridgehead atoms. The van der Waals surface area contributed by atoms with Gasteiger partial charge < -0.3 is 10.4 Å². The van der Waals surface area contributed by atoms with Gasteiger partial charge in [-0.3, -0.25) is 4.79 Å². The van der Waals surface area contributed by atoms with Crippen molar-refractivity contribution in [2.24, 2.45) is 0 Å². The Morgan fingerprint density at radius 3 is 2.74 bits per heavy atom. The molecule has 1 aromatic carbocycles. The van der Waals surface area contributed by atoms with Crippen molar-refractivity contribution in [1.29, 1.82) is 0 Å². The van der Waals surface area contributed by atoms with Crippen LogP contribution in [0, 0.1) is 6.92 Å². The third kappa shape index (κ3) is 2.95. The molecule has 1 aliphatic rings. The number of carbonyl (C=O) groups excluding carboxylic acids is 1. The van der Waals surface area contributed by atoms with Gasteiger partial charge in [0.25, 0.3) is 5.91 Å². The number of benzene rings is 1. The first-order valence-electron chi connectivity index (χ1n) is 5.84. The molecular weight excluding hydrogens is 330 g/mol. The van der Waals surface area contributed by atoms with E-state index in [1.165, 1.54) is 0 Å². The number of aliphatic carboxylic acids is 1. The molecule has 1 amide bonds. The van der Waals surface area contributed by atoms with Crippen LogP contribution in [0.5, 0.6) is 0 Å². The van der Waals surface area contributed by atoms with Gasteiger partial charge in [-0.2, -0.15) is 11.8 Å². The molecule has 0 aliphatic carbocycles. The molecule has 1 atom stereocenters. The van der Waals surface area contributed by atoms with Gasteiger partial charge in [-0.1, -0.05) is 15.9 Å². The molecule has 0 radical (unpaired) electrons. The topological polar surface area (TPSA) is 66.4 Å². The minimum absolute atomic E-state index is 0.324. The van der Waals surface area contributed by atoms with Gasteiger partial charge in [0.15, 0.2) is 0 Å². The van der Waals surface area contributed by atoms with E-state index >= 15 is 0 Å². The Morgan fingerprint density at radius 1 is 1.47 bits per heavy atom. The van der Waals surface area contributed by atoms with Crippen molar-refractivity contribution >= 4 is 39.6 Å². The van der Waals surface area contributed by atoms with E-state index in [2.05, 4.69) is 21.2 Å². The summed E-state index contributed by atoms with van der Waals surface area (Å²) >= 11 is 4.89. The van der Waals surface area contributed by atoms with Crippen LogP contribution < -0.4 is 5.32 Å². The highest BCUT2D eigenvalue weighted by Gasteiger charge is 2.43. The summed E-state index contributed by atoms with van der Waals surface area (Å²) in [7, 11) is 0. The normalized spacial score (nSPS) is 22.2. The second kappa shape index (κ2) is 5.54. The summed E-state index contributed by atoms with van der Waals surface area (Å²) in [5.74, 6) is -0.106. The van der Waals surface area contributed by atoms with Crippen molar-refractivity contribution in [2.75, 3.05) is 11.5 Å². The average molecular weight is 344 g/mol. The molecule has 2 N–H and O–H groups in total. The zero-order chi connectivity index (χ0) is 14.0. The Kier molecular flexibility index (Phi) is 4.20. The number of carboxylic acids is 1. The Bertz CT molecular complexity index is 527. The number of carboxylic acid groups (broad SMARTS) is 1. The molecule has 2 rings (SSSR count). The molecule has 6 heteroatoms. The molecule has 102 valence electrons. The van der Waals surface area contributed by atoms with Gasteiger partial charge in [-0.15, -0.1) is 0 Å². The molecular formula is C13H14BrNO3S. The number of rotatable bonds is 3. The summed E-state index contributed by atoms with van der Waals surface area (Å²) < 4.78 is 0.894. The van der Waals surface area contributed by atoms with E-state index in [-0.39, 0.29) is 5.91 Å². The van der Waals surface area contributed by atoms with Crippen molar-refractivity contribution in [1.82, 2.24) is 5.32 Å². The van der Waals surface area contributed by atoms with E-state index in [9.17, 15) is 14.7 Å². The van der Waals surface area contributed by atoms with Gasteiger partial charge in [0.1, 0.15) is 5.54 Å². The zero-order valence-corrected chi connectivity index (χ0v) is 12.8. The lowest BCUT2D eigenvalue weighted by Crippen LogP contribution is -2.54. The van der Waals surface area contributed by atoms with Gasteiger partial charge in [-0.25, -0.2) is 4.79 Å². The number of carbonyl (C=O) groups is 2. The maximum absolute atomic E-state index is 12.2.